The Morgan fingerprint density at radius 3 is 2.64 bits per heavy atom. The van der Waals surface area contributed by atoms with Crippen molar-refractivity contribution in [2.75, 3.05) is 5.32 Å². The summed E-state index contributed by atoms with van der Waals surface area (Å²) in [5.41, 5.74) is 1.67. The van der Waals surface area contributed by atoms with Crippen molar-refractivity contribution in [3.05, 3.63) is 64.8 Å². The van der Waals surface area contributed by atoms with Gasteiger partial charge in [-0.25, -0.2) is 4.79 Å². The molecule has 110 valence electrons. The van der Waals surface area contributed by atoms with E-state index in [4.69, 9.17) is 16.7 Å². The summed E-state index contributed by atoms with van der Waals surface area (Å²) in [5.74, 6) is -1.41. The number of nitrogens with one attached hydrogen (secondary N) is 2. The minimum atomic E-state index is -1.11. The standard InChI is InChI=1S/C16H11ClN2O3/c17-13-8-10(4-5-11(13)16(21)22)19-15(20)12-3-1-2-9-6-7-18-14(9)12/h1-8,18H,(H,19,20)(H,21,22). The van der Waals surface area contributed by atoms with E-state index in [1.54, 1.807) is 18.3 Å². The maximum Gasteiger partial charge on any atom is 0.337 e. The summed E-state index contributed by atoms with van der Waals surface area (Å²) in [6, 6.07) is 11.6. The van der Waals surface area contributed by atoms with Gasteiger partial charge < -0.3 is 15.4 Å². The molecule has 0 aliphatic rings. The molecule has 3 rings (SSSR count). The molecule has 5 nitrogen and oxygen atoms in total. The molecule has 3 N–H and O–H groups in total. The zero-order valence-corrected chi connectivity index (χ0v) is 12.0. The number of para-hydroxylation sites is 1. The number of rotatable bonds is 3. The number of aromatic nitrogens is 1. The Bertz CT molecular complexity index is 886. The first kappa shape index (κ1) is 14.2. The number of carboxylic acids is 1. The minimum Gasteiger partial charge on any atom is -0.478 e. The second-order valence-corrected chi connectivity index (χ2v) is 5.11. The molecule has 0 saturated carbocycles. The normalized spacial score (nSPS) is 10.6. The summed E-state index contributed by atoms with van der Waals surface area (Å²) in [6.07, 6.45) is 1.76. The first-order valence-corrected chi connectivity index (χ1v) is 6.84. The number of carbonyl (C=O) groups excluding carboxylic acids is 1. The van der Waals surface area contributed by atoms with Crippen LogP contribution in [0.1, 0.15) is 20.7 Å². The highest BCUT2D eigenvalue weighted by Crippen LogP contribution is 2.23. The van der Waals surface area contributed by atoms with E-state index >= 15 is 0 Å². The molecule has 0 unspecified atom stereocenters. The number of halogens is 1. The highest BCUT2D eigenvalue weighted by atomic mass is 35.5. The number of amides is 1. The lowest BCUT2D eigenvalue weighted by Gasteiger charge is -2.08. The Hall–Kier alpha value is -2.79. The lowest BCUT2D eigenvalue weighted by atomic mass is 10.1. The number of carbonyl (C=O) groups is 2. The van der Waals surface area contributed by atoms with Gasteiger partial charge in [-0.1, -0.05) is 23.7 Å². The van der Waals surface area contributed by atoms with Crippen LogP contribution in [0.3, 0.4) is 0 Å². The van der Waals surface area contributed by atoms with Gasteiger partial charge in [-0.2, -0.15) is 0 Å². The molecular weight excluding hydrogens is 304 g/mol. The van der Waals surface area contributed by atoms with E-state index in [1.807, 2.05) is 12.1 Å². The maximum absolute atomic E-state index is 12.4. The van der Waals surface area contributed by atoms with E-state index in [2.05, 4.69) is 10.3 Å². The van der Waals surface area contributed by atoms with Gasteiger partial charge in [0, 0.05) is 17.3 Å². The van der Waals surface area contributed by atoms with Crippen LogP contribution in [-0.4, -0.2) is 22.0 Å². The number of H-pyrrole nitrogens is 1. The van der Waals surface area contributed by atoms with Gasteiger partial charge in [0.25, 0.3) is 5.91 Å². The molecule has 6 heteroatoms. The smallest absolute Gasteiger partial charge is 0.337 e. The van der Waals surface area contributed by atoms with Gasteiger partial charge in [0.05, 0.1) is 21.7 Å². The summed E-state index contributed by atoms with van der Waals surface area (Å²) in [4.78, 5) is 26.3. The quantitative estimate of drug-likeness (QED) is 0.688. The number of anilines is 1. The summed E-state index contributed by atoms with van der Waals surface area (Å²) in [5, 5.41) is 12.7. The summed E-state index contributed by atoms with van der Waals surface area (Å²) >= 11 is 5.89. The number of hydrogen-bond donors (Lipinski definition) is 3. The van der Waals surface area contributed by atoms with Gasteiger partial charge in [0.2, 0.25) is 0 Å². The van der Waals surface area contributed by atoms with Crippen molar-refractivity contribution in [3.8, 4) is 0 Å². The molecule has 2 aromatic carbocycles. The van der Waals surface area contributed by atoms with Crippen LogP contribution < -0.4 is 5.32 Å². The van der Waals surface area contributed by atoms with Crippen molar-refractivity contribution in [3.63, 3.8) is 0 Å². The third kappa shape index (κ3) is 2.54. The van der Waals surface area contributed by atoms with Crippen LogP contribution in [0.5, 0.6) is 0 Å². The van der Waals surface area contributed by atoms with Crippen LogP contribution in [0, 0.1) is 0 Å². The molecule has 0 bridgehead atoms. The van der Waals surface area contributed by atoms with Crippen molar-refractivity contribution in [1.29, 1.82) is 0 Å². The van der Waals surface area contributed by atoms with Gasteiger partial charge in [0.15, 0.2) is 0 Å². The lowest BCUT2D eigenvalue weighted by molar-refractivity contribution is 0.0697. The largest absolute Gasteiger partial charge is 0.478 e. The molecule has 1 heterocycles. The molecule has 0 fully saturated rings. The van der Waals surface area contributed by atoms with Crippen molar-refractivity contribution < 1.29 is 14.7 Å². The fraction of sp³-hybridized carbons (Fsp3) is 0. The first-order valence-electron chi connectivity index (χ1n) is 6.46. The van der Waals surface area contributed by atoms with Gasteiger partial charge in [-0.15, -0.1) is 0 Å². The lowest BCUT2D eigenvalue weighted by Crippen LogP contribution is -2.12. The molecular formula is C16H11ClN2O3. The third-order valence-corrected chi connectivity index (χ3v) is 3.60. The van der Waals surface area contributed by atoms with Crippen molar-refractivity contribution >= 4 is 40.1 Å². The number of carboxylic acid groups (broad SMARTS) is 1. The molecule has 3 aromatic rings. The number of aromatic amines is 1. The molecule has 0 aliphatic heterocycles. The highest BCUT2D eigenvalue weighted by molar-refractivity contribution is 6.33. The summed E-state index contributed by atoms with van der Waals surface area (Å²) in [7, 11) is 0. The highest BCUT2D eigenvalue weighted by Gasteiger charge is 2.13. The molecule has 1 amide bonds. The predicted molar refractivity (Wildman–Crippen MR) is 84.7 cm³/mol. The van der Waals surface area contributed by atoms with Crippen LogP contribution >= 0.6 is 11.6 Å². The van der Waals surface area contributed by atoms with Crippen molar-refractivity contribution in [2.24, 2.45) is 0 Å². The van der Waals surface area contributed by atoms with E-state index in [0.29, 0.717) is 11.3 Å². The number of aromatic carboxylic acids is 1. The van der Waals surface area contributed by atoms with Crippen LogP contribution in [-0.2, 0) is 0 Å². The van der Waals surface area contributed by atoms with Crippen LogP contribution in [0.15, 0.2) is 48.7 Å². The Morgan fingerprint density at radius 2 is 1.91 bits per heavy atom. The Kier molecular flexibility index (Phi) is 3.56. The summed E-state index contributed by atoms with van der Waals surface area (Å²) < 4.78 is 0. The molecule has 0 radical (unpaired) electrons. The second kappa shape index (κ2) is 5.54. The second-order valence-electron chi connectivity index (χ2n) is 4.70. The molecule has 0 saturated heterocycles. The van der Waals surface area contributed by atoms with Gasteiger partial charge in [-0.05, 0) is 30.3 Å². The molecule has 0 aliphatic carbocycles. The Balaban J connectivity index is 1.90. The monoisotopic (exact) mass is 314 g/mol. The zero-order valence-electron chi connectivity index (χ0n) is 11.3. The van der Waals surface area contributed by atoms with Crippen molar-refractivity contribution in [1.82, 2.24) is 4.98 Å². The Morgan fingerprint density at radius 1 is 1.09 bits per heavy atom. The number of hydrogen-bond acceptors (Lipinski definition) is 2. The fourth-order valence-corrected chi connectivity index (χ4v) is 2.50. The van der Waals surface area contributed by atoms with E-state index in [-0.39, 0.29) is 16.5 Å². The molecule has 1 aromatic heterocycles. The van der Waals surface area contributed by atoms with Crippen molar-refractivity contribution in [2.45, 2.75) is 0 Å². The topological polar surface area (TPSA) is 82.2 Å². The van der Waals surface area contributed by atoms with Crippen LogP contribution in [0.4, 0.5) is 5.69 Å². The maximum atomic E-state index is 12.4. The van der Waals surface area contributed by atoms with Gasteiger partial charge in [0.1, 0.15) is 0 Å². The average molecular weight is 315 g/mol. The Labute approximate surface area is 130 Å². The van der Waals surface area contributed by atoms with Gasteiger partial charge >= 0.3 is 5.97 Å². The third-order valence-electron chi connectivity index (χ3n) is 3.29. The number of fused-ring (bicyclic) bond motifs is 1. The SMILES string of the molecule is O=C(O)c1ccc(NC(=O)c2cccc3cc[nH]c23)cc1Cl. The number of benzene rings is 2. The summed E-state index contributed by atoms with van der Waals surface area (Å²) in [6.45, 7) is 0. The van der Waals surface area contributed by atoms with E-state index < -0.39 is 5.97 Å². The first-order chi connectivity index (χ1) is 10.6. The fourth-order valence-electron chi connectivity index (χ4n) is 2.24. The van der Waals surface area contributed by atoms with E-state index in [0.717, 1.165) is 10.9 Å². The predicted octanol–water partition coefficient (Wildman–Crippen LogP) is 3.77. The van der Waals surface area contributed by atoms with Crippen LogP contribution in [0.25, 0.3) is 10.9 Å². The zero-order chi connectivity index (χ0) is 15.7. The molecule has 0 spiro atoms. The average Bonchev–Trinajstić information content (AvgIpc) is 2.95. The van der Waals surface area contributed by atoms with E-state index in [1.165, 1.54) is 18.2 Å². The molecule has 0 atom stereocenters. The minimum absolute atomic E-state index is 0.00821. The molecule has 22 heavy (non-hydrogen) atoms. The van der Waals surface area contributed by atoms with Crippen LogP contribution in [0.2, 0.25) is 5.02 Å². The van der Waals surface area contributed by atoms with Gasteiger partial charge in [-0.3, -0.25) is 4.79 Å². The van der Waals surface area contributed by atoms with E-state index in [9.17, 15) is 9.59 Å².